The van der Waals surface area contributed by atoms with Gasteiger partial charge in [0, 0.05) is 89.5 Å². The number of aliphatic hydroxyl groups excluding tert-OH is 1. The zero-order valence-corrected chi connectivity index (χ0v) is 54.8. The van der Waals surface area contributed by atoms with Gasteiger partial charge in [-0.25, -0.2) is 0 Å². The number of hydrogen-bond donors (Lipinski definition) is 2. The molecule has 86 heavy (non-hydrogen) atoms. The molecule has 0 spiro atoms. The maximum absolute atomic E-state index is 14.6. The number of esters is 6. The van der Waals surface area contributed by atoms with E-state index in [1.54, 1.807) is 0 Å². The molecule has 0 unspecified atom stereocenters. The Hall–Kier alpha value is -5.90. The van der Waals surface area contributed by atoms with E-state index in [4.69, 9.17) is 78.1 Å². The first-order chi connectivity index (χ1) is 40.3. The summed E-state index contributed by atoms with van der Waals surface area (Å²) in [5.41, 5.74) is 7.05. The number of fused-ring (bicyclic) bond motifs is 6. The molecule has 0 aromatic heterocycles. The minimum Gasteiger partial charge on any atom is -0.680 e. The van der Waals surface area contributed by atoms with Crippen LogP contribution in [0.5, 0.6) is 0 Å². The standard InChI is InChI=1S/C63H98N5O13.2CN.Co/c1-15-31-76-45(70)24-21-41-52-39(7)56-60(11,28-27-48(73)79-34-18-4)44(37-49(74)80-35-19-5)57(67-56)63(14)62(13,38-50(75)81-36-20-6)43(23-26-47(72)78-33-17-3)53(68-63)40(8)55-61(12,29-30-69)42(22-25-46(71)77-32-16-2)54(66-55)51(64)58(65-52)59(41,9)10;2*1-2;/h41-44,57,69H,15-38,64H2,1-14H3;;;/q3*-1;+3/t41-,42-,43-,44+,57-,60-,61+,62+,63+;;;/m1.../s1. The van der Waals surface area contributed by atoms with Gasteiger partial charge < -0.3 is 68.2 Å². The summed E-state index contributed by atoms with van der Waals surface area (Å²) in [6, 6.07) is -0.891. The van der Waals surface area contributed by atoms with Gasteiger partial charge in [-0.1, -0.05) is 88.6 Å². The topological polar surface area (TPSA) is 303 Å². The van der Waals surface area contributed by atoms with Gasteiger partial charge >= 0.3 is 52.6 Å². The van der Waals surface area contributed by atoms with Crippen LogP contribution in [0.4, 0.5) is 0 Å². The van der Waals surface area contributed by atoms with Crippen LogP contribution < -0.4 is 5.73 Å². The molecule has 0 aliphatic carbocycles. The van der Waals surface area contributed by atoms with Crippen LogP contribution >= 0.6 is 0 Å². The molecular weight excluding hydrogens is 1150 g/mol. The van der Waals surface area contributed by atoms with E-state index in [2.05, 4.69) is 13.8 Å². The molecule has 480 valence electrons. The van der Waals surface area contributed by atoms with E-state index >= 15 is 0 Å². The Balaban J connectivity index is 0.00000494. The van der Waals surface area contributed by atoms with E-state index in [1.165, 1.54) is 0 Å². The van der Waals surface area contributed by atoms with Gasteiger partial charge in [0.15, 0.2) is 0 Å². The van der Waals surface area contributed by atoms with Crippen molar-refractivity contribution in [2.75, 3.05) is 46.2 Å². The third-order valence-electron chi connectivity index (χ3n) is 18.2. The Morgan fingerprint density at radius 2 is 0.965 bits per heavy atom. The number of carbonyl (C=O) groups excluding carboxylic acids is 6. The number of aliphatic hydroxyl groups is 1. The summed E-state index contributed by atoms with van der Waals surface area (Å²) in [4.78, 5) is 101. The third kappa shape index (κ3) is 16.8. The van der Waals surface area contributed by atoms with Crippen molar-refractivity contribution in [1.29, 1.82) is 10.5 Å². The van der Waals surface area contributed by atoms with Crippen molar-refractivity contribution < 1.29 is 79.1 Å². The van der Waals surface area contributed by atoms with Crippen molar-refractivity contribution in [3.05, 3.63) is 52.4 Å². The van der Waals surface area contributed by atoms with Crippen LogP contribution in [0.2, 0.25) is 0 Å². The monoisotopic (exact) mass is 1240 g/mol. The molecule has 5 aliphatic heterocycles. The summed E-state index contributed by atoms with van der Waals surface area (Å²) in [6.45, 7) is 38.2. The molecule has 0 aromatic carbocycles. The fraction of sp³-hybridized carbons (Fsp3) is 0.738. The summed E-state index contributed by atoms with van der Waals surface area (Å²) in [6.07, 6.45) is 4.62. The molecular formula is C65H98CoN7O13. The number of aliphatic imine (C=N–C) groups is 3. The number of allylic oxidation sites excluding steroid dienone is 6. The van der Waals surface area contributed by atoms with Gasteiger partial charge in [-0.05, 0) is 107 Å². The van der Waals surface area contributed by atoms with Gasteiger partial charge in [0.25, 0.3) is 0 Å². The first-order valence-electron chi connectivity index (χ1n) is 30.8. The van der Waals surface area contributed by atoms with Crippen molar-refractivity contribution in [2.45, 2.75) is 218 Å². The molecule has 9 atom stereocenters. The van der Waals surface area contributed by atoms with Crippen LogP contribution in [0.15, 0.2) is 48.9 Å². The van der Waals surface area contributed by atoms with Gasteiger partial charge in [-0.15, -0.1) is 0 Å². The predicted molar refractivity (Wildman–Crippen MR) is 322 cm³/mol. The normalized spacial score (nSPS) is 29.2. The number of ether oxygens (including phenoxy) is 6. The smallest absolute Gasteiger partial charge is 0.680 e. The van der Waals surface area contributed by atoms with Gasteiger partial charge in [0.1, 0.15) is 0 Å². The number of nitrogens with zero attached hydrogens (tertiary/aromatic N) is 6. The van der Waals surface area contributed by atoms with Crippen LogP contribution in [-0.4, -0.2) is 116 Å². The Labute approximate surface area is 522 Å². The molecule has 1 fully saturated rings. The van der Waals surface area contributed by atoms with E-state index < -0.39 is 80.8 Å². The second-order valence-corrected chi connectivity index (χ2v) is 24.5. The first-order valence-corrected chi connectivity index (χ1v) is 30.8. The summed E-state index contributed by atoms with van der Waals surface area (Å²) in [7, 11) is 0. The molecule has 20 nitrogen and oxygen atoms in total. The molecule has 1 saturated heterocycles. The molecule has 3 N–H and O–H groups in total. The van der Waals surface area contributed by atoms with E-state index in [0.29, 0.717) is 90.3 Å². The fourth-order valence-electron chi connectivity index (χ4n) is 13.5. The second-order valence-electron chi connectivity index (χ2n) is 24.5. The molecule has 5 rings (SSSR count). The quantitative estimate of drug-likeness (QED) is 0.0384. The van der Waals surface area contributed by atoms with E-state index in [9.17, 15) is 33.9 Å². The Bertz CT molecular complexity index is 2620. The first kappa shape index (κ1) is 76.2. The van der Waals surface area contributed by atoms with Crippen molar-refractivity contribution >= 4 is 53.0 Å². The Morgan fingerprint density at radius 3 is 1.43 bits per heavy atom. The Kier molecular flexibility index (Phi) is 30.6. The van der Waals surface area contributed by atoms with Crippen LogP contribution in [0.25, 0.3) is 5.32 Å². The van der Waals surface area contributed by atoms with Gasteiger partial charge in [-0.2, -0.15) is 5.70 Å². The zero-order chi connectivity index (χ0) is 64.1. The number of rotatable bonds is 30. The number of carbonyl (C=O) groups is 6. The SMILES string of the molecule is CCCOC(=O)CC[C@@H]1/C2=C(\C)C3=N[C@H]([C@H](CC(=O)OCCC)[C@@]3(C)CCC(=O)OCCC)[C@]3(C)[N-]/C(=C(/C)C4=N/C(=C(/N)C(=N2)C1(C)C)[C@@H](CCC(=O)OCCC)[C@]4(C)CCO)[C@@H](CCC(=O)OCCC)[C@]3(C)CC(=O)OCCC.[C-]#N.[C-]#N.[Co+3]. The number of hydrogen-bond acceptors (Lipinski definition) is 19. The molecule has 0 amide bonds. The maximum Gasteiger partial charge on any atom is 3.00 e. The number of nitrogens with two attached hydrogens (primary N) is 1. The molecule has 0 saturated carbocycles. The van der Waals surface area contributed by atoms with Crippen molar-refractivity contribution in [2.24, 2.45) is 66.0 Å². The van der Waals surface area contributed by atoms with Crippen LogP contribution in [0, 0.1) is 69.0 Å². The van der Waals surface area contributed by atoms with Crippen molar-refractivity contribution in [3.8, 4) is 0 Å². The van der Waals surface area contributed by atoms with Gasteiger partial charge in [-0.3, -0.25) is 43.7 Å². The summed E-state index contributed by atoms with van der Waals surface area (Å²) >= 11 is 0. The average molecular weight is 1240 g/mol. The van der Waals surface area contributed by atoms with E-state index in [0.717, 1.165) is 0 Å². The maximum atomic E-state index is 14.6. The molecule has 8 bridgehead atoms. The van der Waals surface area contributed by atoms with Gasteiger partial charge in [0.2, 0.25) is 0 Å². The molecule has 21 heteroatoms. The molecule has 5 aliphatic rings. The molecule has 0 radical (unpaired) electrons. The largest absolute Gasteiger partial charge is 3.00 e. The van der Waals surface area contributed by atoms with Crippen LogP contribution in [0.3, 0.4) is 0 Å². The zero-order valence-electron chi connectivity index (χ0n) is 53.8. The van der Waals surface area contributed by atoms with Crippen molar-refractivity contribution in [3.63, 3.8) is 0 Å². The summed E-state index contributed by atoms with van der Waals surface area (Å²) in [5.74, 6) is -4.89. The fourth-order valence-corrected chi connectivity index (χ4v) is 13.5. The van der Waals surface area contributed by atoms with Crippen LogP contribution in [0.1, 0.15) is 206 Å². The predicted octanol–water partition coefficient (Wildman–Crippen LogP) is 11.3. The average Bonchev–Trinajstić information content (AvgIpc) is 1.53. The van der Waals surface area contributed by atoms with E-state index in [-0.39, 0.29) is 145 Å². The third-order valence-corrected chi connectivity index (χ3v) is 18.2. The van der Waals surface area contributed by atoms with Crippen LogP contribution in [-0.2, 0) is 74.0 Å². The minimum atomic E-state index is -1.38. The Morgan fingerprint density at radius 1 is 0.547 bits per heavy atom. The molecule has 5 heterocycles. The van der Waals surface area contributed by atoms with Gasteiger partial charge in [0.05, 0.1) is 69.6 Å². The summed E-state index contributed by atoms with van der Waals surface area (Å²) in [5, 5.41) is 29.5. The second kappa shape index (κ2) is 34.6. The summed E-state index contributed by atoms with van der Waals surface area (Å²) < 4.78 is 34.6. The van der Waals surface area contributed by atoms with Crippen molar-refractivity contribution in [1.82, 2.24) is 0 Å². The van der Waals surface area contributed by atoms with E-state index in [1.807, 2.05) is 83.1 Å². The minimum absolute atomic E-state index is 0. The molecule has 0 aromatic rings.